The Balaban J connectivity index is 0.998. The fraction of sp³-hybridized carbons (Fsp3) is 0.704. The highest BCUT2D eigenvalue weighted by molar-refractivity contribution is 5.79. The monoisotopic (exact) mass is 454 g/mol. The third kappa shape index (κ3) is 5.47. The lowest BCUT2D eigenvalue weighted by Gasteiger charge is -2.32. The summed E-state index contributed by atoms with van der Waals surface area (Å²) in [5.41, 5.74) is 2.05. The molecule has 2 heterocycles. The smallest absolute Gasteiger partial charge is 0.410 e. The normalized spacial score (nSPS) is 25.9. The van der Waals surface area contributed by atoms with Gasteiger partial charge in [0.1, 0.15) is 11.4 Å². The summed E-state index contributed by atoms with van der Waals surface area (Å²) in [6.45, 7) is 8.33. The van der Waals surface area contributed by atoms with Crippen molar-refractivity contribution in [3.63, 3.8) is 0 Å². The third-order valence-electron chi connectivity index (χ3n) is 8.29. The van der Waals surface area contributed by atoms with E-state index in [4.69, 9.17) is 9.47 Å². The Hall–Kier alpha value is -2.24. The second-order valence-corrected chi connectivity index (χ2v) is 10.9. The van der Waals surface area contributed by atoms with Gasteiger partial charge in [0.15, 0.2) is 0 Å². The number of carbonyl (C=O) groups is 2. The summed E-state index contributed by atoms with van der Waals surface area (Å²) < 4.78 is 11.7. The number of rotatable bonds is 8. The van der Waals surface area contributed by atoms with Crippen molar-refractivity contribution in [2.75, 3.05) is 32.8 Å². The zero-order valence-corrected chi connectivity index (χ0v) is 20.2. The van der Waals surface area contributed by atoms with Crippen molar-refractivity contribution >= 4 is 12.0 Å². The van der Waals surface area contributed by atoms with E-state index < -0.39 is 0 Å². The highest BCUT2D eigenvalue weighted by Gasteiger charge is 2.45. The Morgan fingerprint density at radius 3 is 2.48 bits per heavy atom. The zero-order valence-electron chi connectivity index (χ0n) is 20.2. The molecule has 0 bridgehead atoms. The quantitative estimate of drug-likeness (QED) is 0.577. The van der Waals surface area contributed by atoms with Gasteiger partial charge in [-0.05, 0) is 99.8 Å². The number of piperidine rings is 1. The summed E-state index contributed by atoms with van der Waals surface area (Å²) in [7, 11) is 0. The van der Waals surface area contributed by atoms with Crippen LogP contribution in [0.5, 0.6) is 5.75 Å². The molecule has 1 aromatic carbocycles. The Kier molecular flexibility index (Phi) is 6.28. The van der Waals surface area contributed by atoms with Gasteiger partial charge in [0.2, 0.25) is 5.91 Å². The van der Waals surface area contributed by atoms with Crippen LogP contribution in [0.3, 0.4) is 0 Å². The molecule has 6 nitrogen and oxygen atoms in total. The minimum Gasteiger partial charge on any atom is -0.494 e. The van der Waals surface area contributed by atoms with Crippen LogP contribution in [0.2, 0.25) is 0 Å². The van der Waals surface area contributed by atoms with Gasteiger partial charge in [-0.1, -0.05) is 6.07 Å². The van der Waals surface area contributed by atoms with E-state index >= 15 is 0 Å². The average molecular weight is 455 g/mol. The van der Waals surface area contributed by atoms with Crippen molar-refractivity contribution in [2.24, 2.45) is 17.8 Å². The summed E-state index contributed by atoms with van der Waals surface area (Å²) in [6.07, 6.45) is 8.12. The maximum atomic E-state index is 12.3. The van der Waals surface area contributed by atoms with Gasteiger partial charge in [-0.2, -0.15) is 0 Å². The van der Waals surface area contributed by atoms with Gasteiger partial charge < -0.3 is 19.3 Å². The molecule has 4 aliphatic rings. The van der Waals surface area contributed by atoms with Crippen LogP contribution in [-0.2, 0) is 16.0 Å². The van der Waals surface area contributed by atoms with Crippen molar-refractivity contribution < 1.29 is 19.1 Å². The minimum absolute atomic E-state index is 0.111. The topological polar surface area (TPSA) is 59.1 Å². The number of nitrogens with zero attached hydrogens (tertiary/aromatic N) is 2. The summed E-state index contributed by atoms with van der Waals surface area (Å²) in [5, 5.41) is 0. The predicted octanol–water partition coefficient (Wildman–Crippen LogP) is 4.58. The minimum atomic E-state index is -0.181. The molecular weight excluding hydrogens is 416 g/mol. The first kappa shape index (κ1) is 22.5. The van der Waals surface area contributed by atoms with Gasteiger partial charge >= 0.3 is 6.09 Å². The molecule has 5 rings (SSSR count). The molecule has 2 saturated heterocycles. The number of likely N-dealkylation sites (tertiary alicyclic amines) is 2. The molecule has 0 spiro atoms. The van der Waals surface area contributed by atoms with Crippen LogP contribution >= 0.6 is 0 Å². The lowest BCUT2D eigenvalue weighted by molar-refractivity contribution is -0.133. The fourth-order valence-corrected chi connectivity index (χ4v) is 5.37. The highest BCUT2D eigenvalue weighted by Crippen LogP contribution is 2.50. The Morgan fingerprint density at radius 1 is 1.09 bits per heavy atom. The van der Waals surface area contributed by atoms with Crippen LogP contribution in [0.25, 0.3) is 0 Å². The van der Waals surface area contributed by atoms with Gasteiger partial charge in [-0.15, -0.1) is 0 Å². The van der Waals surface area contributed by atoms with Crippen molar-refractivity contribution in [3.05, 3.63) is 29.3 Å². The van der Waals surface area contributed by atoms with E-state index in [1.165, 1.54) is 6.42 Å². The van der Waals surface area contributed by atoms with Gasteiger partial charge in [-0.3, -0.25) is 4.79 Å². The number of ether oxygens (including phenoxy) is 2. The number of aryl methyl sites for hydroxylation is 1. The molecule has 2 saturated carbocycles. The van der Waals surface area contributed by atoms with E-state index in [0.717, 1.165) is 106 Å². The van der Waals surface area contributed by atoms with E-state index in [1.807, 2.05) is 28.9 Å². The largest absolute Gasteiger partial charge is 0.494 e. The maximum Gasteiger partial charge on any atom is 0.410 e. The molecule has 0 N–H and O–H groups in total. The van der Waals surface area contributed by atoms with Crippen molar-refractivity contribution in [1.29, 1.82) is 0 Å². The number of hydrogen-bond acceptors (Lipinski definition) is 4. The van der Waals surface area contributed by atoms with E-state index in [0.29, 0.717) is 6.42 Å². The summed E-state index contributed by atoms with van der Waals surface area (Å²) >= 11 is 0. The highest BCUT2D eigenvalue weighted by atomic mass is 16.6. The van der Waals surface area contributed by atoms with Crippen LogP contribution in [0, 0.1) is 24.7 Å². The molecule has 2 amide bonds. The molecule has 2 aliphatic carbocycles. The number of benzene rings is 1. The SMILES string of the molecule is Cc1cc(OCCC2C[C@@H]2C2CCN(C(=O)OC3(C)CC3)CC2)ccc1CC(=O)N1CCC1. The van der Waals surface area contributed by atoms with Crippen LogP contribution in [0.1, 0.15) is 63.0 Å². The second-order valence-electron chi connectivity index (χ2n) is 10.9. The molecule has 1 unspecified atom stereocenters. The number of carbonyl (C=O) groups excluding carboxylic acids is 2. The van der Waals surface area contributed by atoms with Crippen molar-refractivity contribution in [1.82, 2.24) is 9.80 Å². The van der Waals surface area contributed by atoms with Crippen molar-refractivity contribution in [3.8, 4) is 5.75 Å². The second kappa shape index (κ2) is 9.19. The lowest BCUT2D eigenvalue weighted by atomic mass is 9.91. The first-order valence-corrected chi connectivity index (χ1v) is 12.9. The Morgan fingerprint density at radius 2 is 1.85 bits per heavy atom. The van der Waals surface area contributed by atoms with Gasteiger partial charge in [0.05, 0.1) is 13.0 Å². The van der Waals surface area contributed by atoms with Crippen molar-refractivity contribution in [2.45, 2.75) is 70.8 Å². The Labute approximate surface area is 197 Å². The molecule has 0 aromatic heterocycles. The molecule has 6 heteroatoms. The third-order valence-corrected chi connectivity index (χ3v) is 8.29. The van der Waals surface area contributed by atoms with Crippen LogP contribution in [-0.4, -0.2) is 60.2 Å². The summed E-state index contributed by atoms with van der Waals surface area (Å²) in [4.78, 5) is 28.4. The number of amides is 2. The molecular formula is C27H38N2O4. The van der Waals surface area contributed by atoms with Crippen LogP contribution in [0.4, 0.5) is 4.79 Å². The molecule has 2 aliphatic heterocycles. The molecule has 180 valence electrons. The molecule has 4 fully saturated rings. The summed E-state index contributed by atoms with van der Waals surface area (Å²) in [6, 6.07) is 6.12. The first-order chi connectivity index (χ1) is 15.9. The summed E-state index contributed by atoms with van der Waals surface area (Å²) in [5.74, 6) is 3.43. The molecule has 2 atom stereocenters. The molecule has 0 radical (unpaired) electrons. The first-order valence-electron chi connectivity index (χ1n) is 12.9. The van der Waals surface area contributed by atoms with Crippen LogP contribution in [0.15, 0.2) is 18.2 Å². The molecule has 33 heavy (non-hydrogen) atoms. The van der Waals surface area contributed by atoms with Crippen LogP contribution < -0.4 is 4.74 Å². The Bertz CT molecular complexity index is 884. The van der Waals surface area contributed by atoms with E-state index in [2.05, 4.69) is 13.0 Å². The van der Waals surface area contributed by atoms with E-state index in [9.17, 15) is 9.59 Å². The average Bonchev–Trinajstić information content (AvgIpc) is 3.67. The lowest BCUT2D eigenvalue weighted by Crippen LogP contribution is -2.42. The number of hydrogen-bond donors (Lipinski definition) is 0. The van der Waals surface area contributed by atoms with Gasteiger partial charge in [-0.25, -0.2) is 4.79 Å². The zero-order chi connectivity index (χ0) is 23.0. The standard InChI is InChI=1S/C27H38N2O4/c1-19-16-23(5-4-21(19)18-25(30)28-11-3-12-28)32-15-8-22-17-24(22)20-6-13-29(14-7-20)26(31)33-27(2)9-10-27/h4-5,16,20,22,24H,3,6-15,17-18H2,1-2H3/t22?,24-/m1/s1. The van der Waals surface area contributed by atoms with Gasteiger partial charge in [0.25, 0.3) is 0 Å². The predicted molar refractivity (Wildman–Crippen MR) is 126 cm³/mol. The maximum absolute atomic E-state index is 12.3. The fourth-order valence-electron chi connectivity index (χ4n) is 5.37. The van der Waals surface area contributed by atoms with Gasteiger partial charge in [0, 0.05) is 26.2 Å². The molecule has 1 aromatic rings. The van der Waals surface area contributed by atoms with E-state index in [-0.39, 0.29) is 17.6 Å². The van der Waals surface area contributed by atoms with E-state index in [1.54, 1.807) is 0 Å².